The zero-order valence-electron chi connectivity index (χ0n) is 14.5. The van der Waals surface area contributed by atoms with Gasteiger partial charge >= 0.3 is 0 Å². The molecule has 6 heteroatoms. The van der Waals surface area contributed by atoms with Crippen LogP contribution in [0.15, 0.2) is 12.4 Å². The van der Waals surface area contributed by atoms with E-state index in [-0.39, 0.29) is 11.9 Å². The van der Waals surface area contributed by atoms with Crippen molar-refractivity contribution in [3.05, 3.63) is 12.4 Å². The first kappa shape index (κ1) is 17.5. The molecule has 0 radical (unpaired) electrons. The summed E-state index contributed by atoms with van der Waals surface area (Å²) in [5, 5.41) is 6.18. The lowest BCUT2D eigenvalue weighted by Crippen LogP contribution is -2.35. The van der Waals surface area contributed by atoms with Crippen molar-refractivity contribution in [3.63, 3.8) is 0 Å². The molecule has 128 valence electrons. The maximum atomic E-state index is 11.7. The molecule has 1 saturated heterocycles. The molecule has 23 heavy (non-hydrogen) atoms. The molecule has 1 amide bonds. The Morgan fingerprint density at radius 3 is 2.74 bits per heavy atom. The molecule has 2 rings (SSSR count). The van der Waals surface area contributed by atoms with Crippen molar-refractivity contribution in [2.75, 3.05) is 29.9 Å². The second kappa shape index (κ2) is 8.70. The van der Waals surface area contributed by atoms with Gasteiger partial charge in [-0.15, -0.1) is 0 Å². The van der Waals surface area contributed by atoms with Crippen LogP contribution in [0.25, 0.3) is 0 Å². The van der Waals surface area contributed by atoms with Gasteiger partial charge in [-0.25, -0.2) is 9.97 Å². The minimum atomic E-state index is 0.175. The Morgan fingerprint density at radius 2 is 2.09 bits per heavy atom. The lowest BCUT2D eigenvalue weighted by atomic mass is 9.92. The van der Waals surface area contributed by atoms with Crippen LogP contribution in [-0.4, -0.2) is 41.6 Å². The second-order valence-electron chi connectivity index (χ2n) is 6.48. The topological polar surface area (TPSA) is 70.2 Å². The number of nitrogens with one attached hydrogen (secondary N) is 2. The van der Waals surface area contributed by atoms with E-state index in [0.29, 0.717) is 12.3 Å². The van der Waals surface area contributed by atoms with E-state index in [1.54, 1.807) is 6.33 Å². The number of hydrogen-bond acceptors (Lipinski definition) is 5. The van der Waals surface area contributed by atoms with Gasteiger partial charge in [-0.2, -0.15) is 0 Å². The number of nitrogens with zero attached hydrogens (tertiary/aromatic N) is 3. The maximum Gasteiger partial charge on any atom is 0.220 e. The van der Waals surface area contributed by atoms with Gasteiger partial charge in [0.25, 0.3) is 0 Å². The fraction of sp³-hybridized carbons (Fsp3) is 0.706. The number of carbonyl (C=O) groups excluding carboxylic acids is 1. The van der Waals surface area contributed by atoms with E-state index in [9.17, 15) is 4.79 Å². The highest BCUT2D eigenvalue weighted by Gasteiger charge is 2.21. The van der Waals surface area contributed by atoms with E-state index in [0.717, 1.165) is 50.5 Å². The summed E-state index contributed by atoms with van der Waals surface area (Å²) in [6.45, 7) is 8.91. The van der Waals surface area contributed by atoms with E-state index in [2.05, 4.69) is 32.4 Å². The van der Waals surface area contributed by atoms with Gasteiger partial charge in [0.05, 0.1) is 0 Å². The van der Waals surface area contributed by atoms with Crippen molar-refractivity contribution in [2.24, 2.45) is 5.92 Å². The number of rotatable bonds is 7. The van der Waals surface area contributed by atoms with Gasteiger partial charge in [0, 0.05) is 38.2 Å². The molecule has 0 bridgehead atoms. The van der Waals surface area contributed by atoms with Crippen molar-refractivity contribution in [2.45, 2.75) is 52.5 Å². The largest absolute Gasteiger partial charge is 0.370 e. The molecule has 2 N–H and O–H groups in total. The van der Waals surface area contributed by atoms with Crippen molar-refractivity contribution < 1.29 is 4.79 Å². The van der Waals surface area contributed by atoms with Gasteiger partial charge in [0.2, 0.25) is 5.91 Å². The predicted molar refractivity (Wildman–Crippen MR) is 93.6 cm³/mol. The van der Waals surface area contributed by atoms with Crippen LogP contribution in [0.3, 0.4) is 0 Å². The molecule has 0 atom stereocenters. The van der Waals surface area contributed by atoms with E-state index in [1.165, 1.54) is 0 Å². The summed E-state index contributed by atoms with van der Waals surface area (Å²) in [5.74, 6) is 2.68. The number of hydrogen-bond donors (Lipinski definition) is 2. The van der Waals surface area contributed by atoms with Gasteiger partial charge in [-0.05, 0) is 46.0 Å². The number of carbonyl (C=O) groups is 1. The zero-order chi connectivity index (χ0) is 16.7. The molecular formula is C17H29N5O. The molecule has 1 aliphatic heterocycles. The lowest BCUT2D eigenvalue weighted by Gasteiger charge is -2.32. The first-order valence-electron chi connectivity index (χ1n) is 8.68. The third kappa shape index (κ3) is 5.69. The van der Waals surface area contributed by atoms with Crippen LogP contribution in [0.5, 0.6) is 0 Å². The summed E-state index contributed by atoms with van der Waals surface area (Å²) in [7, 11) is 0. The molecule has 1 aliphatic rings. The summed E-state index contributed by atoms with van der Waals surface area (Å²) in [4.78, 5) is 22.7. The first-order valence-corrected chi connectivity index (χ1v) is 8.68. The van der Waals surface area contributed by atoms with E-state index < -0.39 is 0 Å². The molecule has 2 heterocycles. The second-order valence-corrected chi connectivity index (χ2v) is 6.48. The highest BCUT2D eigenvalue weighted by molar-refractivity contribution is 5.76. The van der Waals surface area contributed by atoms with Gasteiger partial charge in [0.1, 0.15) is 18.0 Å². The number of anilines is 2. The molecule has 0 saturated carbocycles. The average Bonchev–Trinajstić information content (AvgIpc) is 2.53. The quantitative estimate of drug-likeness (QED) is 0.808. The van der Waals surface area contributed by atoms with E-state index in [4.69, 9.17) is 0 Å². The van der Waals surface area contributed by atoms with Crippen LogP contribution >= 0.6 is 0 Å². The van der Waals surface area contributed by atoms with Crippen LogP contribution in [0.4, 0.5) is 11.6 Å². The summed E-state index contributed by atoms with van der Waals surface area (Å²) in [5.41, 5.74) is 0. The summed E-state index contributed by atoms with van der Waals surface area (Å²) in [6.07, 6.45) is 5.49. The van der Waals surface area contributed by atoms with Crippen LogP contribution in [0.1, 0.15) is 46.5 Å². The molecule has 0 aliphatic carbocycles. The van der Waals surface area contributed by atoms with Crippen molar-refractivity contribution >= 4 is 17.5 Å². The van der Waals surface area contributed by atoms with Crippen molar-refractivity contribution in [1.29, 1.82) is 0 Å². The van der Waals surface area contributed by atoms with E-state index >= 15 is 0 Å². The monoisotopic (exact) mass is 319 g/mol. The molecule has 1 aromatic rings. The zero-order valence-corrected chi connectivity index (χ0v) is 14.5. The minimum absolute atomic E-state index is 0.175. The number of aromatic nitrogens is 2. The average molecular weight is 319 g/mol. The normalized spacial score (nSPS) is 15.7. The molecule has 0 aromatic carbocycles. The van der Waals surface area contributed by atoms with Crippen LogP contribution < -0.4 is 15.5 Å². The smallest absolute Gasteiger partial charge is 0.220 e. The minimum Gasteiger partial charge on any atom is -0.370 e. The molecule has 1 aromatic heterocycles. The van der Waals surface area contributed by atoms with Crippen LogP contribution in [0, 0.1) is 5.92 Å². The Balaban J connectivity index is 1.77. The molecule has 1 fully saturated rings. The molecular weight excluding hydrogens is 290 g/mol. The summed E-state index contributed by atoms with van der Waals surface area (Å²) < 4.78 is 0. The van der Waals surface area contributed by atoms with Crippen molar-refractivity contribution in [1.82, 2.24) is 15.3 Å². The Morgan fingerprint density at radius 1 is 1.35 bits per heavy atom. The highest BCUT2D eigenvalue weighted by Crippen LogP contribution is 2.25. The molecule has 0 spiro atoms. The lowest BCUT2D eigenvalue weighted by molar-refractivity contribution is -0.121. The fourth-order valence-electron chi connectivity index (χ4n) is 2.98. The Kier molecular flexibility index (Phi) is 6.62. The first-order chi connectivity index (χ1) is 11.1. The van der Waals surface area contributed by atoms with E-state index in [1.807, 2.05) is 19.9 Å². The SMILES string of the molecule is CCNc1cc(N2CCC(CCC(=O)NC(C)C)CC2)ncn1. The standard InChI is InChI=1S/C17H29N5O/c1-4-18-15-11-16(20-12-19-15)22-9-7-14(8-10-22)5-6-17(23)21-13(2)3/h11-14H,4-10H2,1-3H3,(H,21,23)(H,18,19,20). The number of piperidine rings is 1. The van der Waals surface area contributed by atoms with Gasteiger partial charge in [-0.3, -0.25) is 4.79 Å². The Bertz CT molecular complexity index is 498. The third-order valence-electron chi connectivity index (χ3n) is 4.18. The molecule has 6 nitrogen and oxygen atoms in total. The van der Waals surface area contributed by atoms with Gasteiger partial charge in [0.15, 0.2) is 0 Å². The van der Waals surface area contributed by atoms with Crippen LogP contribution in [-0.2, 0) is 4.79 Å². The highest BCUT2D eigenvalue weighted by atomic mass is 16.1. The predicted octanol–water partition coefficient (Wildman–Crippen LogP) is 2.43. The van der Waals surface area contributed by atoms with Crippen molar-refractivity contribution in [3.8, 4) is 0 Å². The Hall–Kier alpha value is -1.85. The Labute approximate surface area is 139 Å². The van der Waals surface area contributed by atoms with Crippen LogP contribution in [0.2, 0.25) is 0 Å². The molecule has 0 unspecified atom stereocenters. The van der Waals surface area contributed by atoms with Gasteiger partial charge < -0.3 is 15.5 Å². The fourth-order valence-corrected chi connectivity index (χ4v) is 2.98. The third-order valence-corrected chi connectivity index (χ3v) is 4.18. The van der Waals surface area contributed by atoms with Gasteiger partial charge in [-0.1, -0.05) is 0 Å². The summed E-state index contributed by atoms with van der Waals surface area (Å²) in [6, 6.07) is 2.24. The number of amides is 1. The maximum absolute atomic E-state index is 11.7. The summed E-state index contributed by atoms with van der Waals surface area (Å²) >= 11 is 0.